The van der Waals surface area contributed by atoms with Crippen molar-refractivity contribution in [2.45, 2.75) is 13.5 Å². The van der Waals surface area contributed by atoms with Gasteiger partial charge in [-0.05, 0) is 37.3 Å². The van der Waals surface area contributed by atoms with Gasteiger partial charge in [-0.3, -0.25) is 4.98 Å². The summed E-state index contributed by atoms with van der Waals surface area (Å²) in [6.07, 6.45) is 4.55. The van der Waals surface area contributed by atoms with Crippen LogP contribution in [0.5, 0.6) is 0 Å². The third kappa shape index (κ3) is 5.03. The molecule has 6 nitrogen and oxygen atoms in total. The van der Waals surface area contributed by atoms with E-state index < -0.39 is 5.97 Å². The van der Waals surface area contributed by atoms with Crippen molar-refractivity contribution in [3.05, 3.63) is 83.1 Å². The SMILES string of the molecule is Cc1ccc(Nc2nc(COC(=O)/C=C/c3cnc4ccccc4n3)cs2)cc1. The Morgan fingerprint density at radius 3 is 2.72 bits per heavy atom. The average molecular weight is 402 g/mol. The highest BCUT2D eigenvalue weighted by Gasteiger charge is 2.05. The van der Waals surface area contributed by atoms with Crippen molar-refractivity contribution in [1.29, 1.82) is 0 Å². The molecule has 0 aliphatic carbocycles. The molecule has 1 N–H and O–H groups in total. The fourth-order valence-electron chi connectivity index (χ4n) is 2.59. The summed E-state index contributed by atoms with van der Waals surface area (Å²) in [5.74, 6) is -0.457. The van der Waals surface area contributed by atoms with Crippen molar-refractivity contribution in [1.82, 2.24) is 15.0 Å². The number of carbonyl (C=O) groups is 1. The van der Waals surface area contributed by atoms with Gasteiger partial charge in [-0.2, -0.15) is 0 Å². The van der Waals surface area contributed by atoms with Crippen LogP contribution in [0, 0.1) is 6.92 Å². The van der Waals surface area contributed by atoms with E-state index in [9.17, 15) is 4.79 Å². The number of aromatic nitrogens is 3. The molecule has 0 radical (unpaired) electrons. The van der Waals surface area contributed by atoms with E-state index >= 15 is 0 Å². The van der Waals surface area contributed by atoms with Crippen LogP contribution in [0.4, 0.5) is 10.8 Å². The maximum absolute atomic E-state index is 12.0. The molecule has 2 aromatic carbocycles. The maximum Gasteiger partial charge on any atom is 0.331 e. The Hall–Kier alpha value is -3.58. The van der Waals surface area contributed by atoms with Crippen molar-refractivity contribution in [3.63, 3.8) is 0 Å². The van der Waals surface area contributed by atoms with Crippen molar-refractivity contribution in [2.24, 2.45) is 0 Å². The first-order valence-electron chi connectivity index (χ1n) is 9.00. The first-order valence-corrected chi connectivity index (χ1v) is 9.88. The first-order chi connectivity index (χ1) is 14.2. The van der Waals surface area contributed by atoms with Gasteiger partial charge in [0.1, 0.15) is 6.61 Å². The van der Waals surface area contributed by atoms with E-state index in [0.29, 0.717) is 11.4 Å². The highest BCUT2D eigenvalue weighted by molar-refractivity contribution is 7.13. The molecule has 144 valence electrons. The molecular weight excluding hydrogens is 384 g/mol. The zero-order chi connectivity index (χ0) is 20.1. The highest BCUT2D eigenvalue weighted by Crippen LogP contribution is 2.21. The number of hydrogen-bond acceptors (Lipinski definition) is 7. The van der Waals surface area contributed by atoms with E-state index in [-0.39, 0.29) is 6.61 Å². The summed E-state index contributed by atoms with van der Waals surface area (Å²) in [6.45, 7) is 2.15. The number of carbonyl (C=O) groups excluding carboxylic acids is 1. The van der Waals surface area contributed by atoms with Crippen LogP contribution >= 0.6 is 11.3 Å². The fourth-order valence-corrected chi connectivity index (χ4v) is 3.30. The van der Waals surface area contributed by atoms with Crippen LogP contribution in [0.15, 0.2) is 66.2 Å². The number of nitrogens with one attached hydrogen (secondary N) is 1. The van der Waals surface area contributed by atoms with E-state index in [0.717, 1.165) is 21.9 Å². The molecule has 4 aromatic rings. The van der Waals surface area contributed by atoms with Crippen molar-refractivity contribution in [3.8, 4) is 0 Å². The molecule has 2 aromatic heterocycles. The monoisotopic (exact) mass is 402 g/mol. The first kappa shape index (κ1) is 18.8. The number of fused-ring (bicyclic) bond motifs is 1. The van der Waals surface area contributed by atoms with E-state index in [1.807, 2.05) is 60.8 Å². The Balaban J connectivity index is 1.31. The molecule has 0 aliphatic rings. The number of thiazole rings is 1. The summed E-state index contributed by atoms with van der Waals surface area (Å²) >= 11 is 1.46. The second-order valence-corrected chi connectivity index (χ2v) is 7.22. The molecule has 7 heteroatoms. The fraction of sp³-hybridized carbons (Fsp3) is 0.0909. The Kier molecular flexibility index (Phi) is 5.58. The van der Waals surface area contributed by atoms with Gasteiger partial charge in [-0.15, -0.1) is 11.3 Å². The minimum atomic E-state index is -0.457. The predicted octanol–water partition coefficient (Wildman–Crippen LogP) is 4.89. The molecule has 0 amide bonds. The van der Waals surface area contributed by atoms with Crippen LogP contribution in [-0.2, 0) is 16.1 Å². The number of esters is 1. The topological polar surface area (TPSA) is 77.0 Å². The van der Waals surface area contributed by atoms with Gasteiger partial charge < -0.3 is 10.1 Å². The van der Waals surface area contributed by atoms with Crippen LogP contribution in [0.3, 0.4) is 0 Å². The Morgan fingerprint density at radius 2 is 1.90 bits per heavy atom. The second-order valence-electron chi connectivity index (χ2n) is 6.36. The molecular formula is C22H18N4O2S. The maximum atomic E-state index is 12.0. The van der Waals surface area contributed by atoms with Gasteiger partial charge in [0.05, 0.1) is 28.6 Å². The summed E-state index contributed by atoms with van der Waals surface area (Å²) in [6, 6.07) is 15.6. The molecule has 0 unspecified atom stereocenters. The van der Waals surface area contributed by atoms with Gasteiger partial charge in [0, 0.05) is 17.1 Å². The Bertz CT molecular complexity index is 1170. The molecule has 29 heavy (non-hydrogen) atoms. The second kappa shape index (κ2) is 8.62. The minimum absolute atomic E-state index is 0.110. The number of para-hydroxylation sites is 2. The lowest BCUT2D eigenvalue weighted by molar-refractivity contribution is -0.139. The number of anilines is 2. The van der Waals surface area contributed by atoms with Gasteiger partial charge >= 0.3 is 5.97 Å². The summed E-state index contributed by atoms with van der Waals surface area (Å²) < 4.78 is 5.26. The molecule has 0 fully saturated rings. The number of rotatable bonds is 6. The smallest absolute Gasteiger partial charge is 0.331 e. The van der Waals surface area contributed by atoms with Crippen LogP contribution < -0.4 is 5.32 Å². The Morgan fingerprint density at radius 1 is 1.10 bits per heavy atom. The van der Waals surface area contributed by atoms with Crippen molar-refractivity contribution >= 4 is 45.2 Å². The van der Waals surface area contributed by atoms with Gasteiger partial charge in [-0.25, -0.2) is 14.8 Å². The number of hydrogen-bond donors (Lipinski definition) is 1. The third-order valence-corrected chi connectivity index (χ3v) is 4.88. The lowest BCUT2D eigenvalue weighted by atomic mass is 10.2. The number of aryl methyl sites for hydroxylation is 1. The minimum Gasteiger partial charge on any atom is -0.456 e. The van der Waals surface area contributed by atoms with Crippen LogP contribution in [0.25, 0.3) is 17.1 Å². The normalized spacial score (nSPS) is 11.1. The molecule has 0 saturated heterocycles. The summed E-state index contributed by atoms with van der Waals surface area (Å²) in [7, 11) is 0. The van der Waals surface area contributed by atoms with Gasteiger partial charge in [0.2, 0.25) is 0 Å². The van der Waals surface area contributed by atoms with Crippen LogP contribution in [0.2, 0.25) is 0 Å². The molecule has 4 rings (SSSR count). The van der Waals surface area contributed by atoms with E-state index in [1.54, 1.807) is 12.3 Å². The van der Waals surface area contributed by atoms with E-state index in [1.165, 1.54) is 23.0 Å². The van der Waals surface area contributed by atoms with Crippen LogP contribution in [-0.4, -0.2) is 20.9 Å². The molecule has 0 bridgehead atoms. The summed E-state index contributed by atoms with van der Waals surface area (Å²) in [4.78, 5) is 25.2. The standard InChI is InChI=1S/C22H18N4O2S/c1-15-6-8-16(9-7-15)25-22-26-18(14-29-22)13-28-21(27)11-10-17-12-23-19-4-2-3-5-20(19)24-17/h2-12,14H,13H2,1H3,(H,25,26)/b11-10+. The summed E-state index contributed by atoms with van der Waals surface area (Å²) in [5.41, 5.74) is 5.04. The molecule has 2 heterocycles. The van der Waals surface area contributed by atoms with Gasteiger partial charge in [0.15, 0.2) is 5.13 Å². The van der Waals surface area contributed by atoms with E-state index in [2.05, 4.69) is 20.3 Å². The van der Waals surface area contributed by atoms with E-state index in [4.69, 9.17) is 4.74 Å². The lowest BCUT2D eigenvalue weighted by Crippen LogP contribution is -2.01. The number of nitrogens with zero attached hydrogens (tertiary/aromatic N) is 3. The van der Waals surface area contributed by atoms with Gasteiger partial charge in [-0.1, -0.05) is 29.8 Å². The van der Waals surface area contributed by atoms with Crippen molar-refractivity contribution < 1.29 is 9.53 Å². The predicted molar refractivity (Wildman–Crippen MR) is 115 cm³/mol. The van der Waals surface area contributed by atoms with Crippen molar-refractivity contribution in [2.75, 3.05) is 5.32 Å². The number of ether oxygens (including phenoxy) is 1. The largest absolute Gasteiger partial charge is 0.456 e. The molecule has 0 saturated carbocycles. The lowest BCUT2D eigenvalue weighted by Gasteiger charge is -2.02. The third-order valence-electron chi connectivity index (χ3n) is 4.07. The zero-order valence-electron chi connectivity index (χ0n) is 15.7. The zero-order valence-corrected chi connectivity index (χ0v) is 16.5. The Labute approximate surface area is 171 Å². The summed E-state index contributed by atoms with van der Waals surface area (Å²) in [5, 5.41) is 5.85. The quantitative estimate of drug-likeness (QED) is 0.365. The van der Waals surface area contributed by atoms with Crippen LogP contribution in [0.1, 0.15) is 17.0 Å². The van der Waals surface area contributed by atoms with Gasteiger partial charge in [0.25, 0.3) is 0 Å². The average Bonchev–Trinajstić information content (AvgIpc) is 3.19. The number of benzene rings is 2. The highest BCUT2D eigenvalue weighted by atomic mass is 32.1. The molecule has 0 spiro atoms. The molecule has 0 aliphatic heterocycles. The molecule has 0 atom stereocenters.